The summed E-state index contributed by atoms with van der Waals surface area (Å²) in [5, 5.41) is 9.83. The summed E-state index contributed by atoms with van der Waals surface area (Å²) < 4.78 is 23.3. The van der Waals surface area contributed by atoms with Crippen LogP contribution in [0.25, 0.3) is 0 Å². The molecule has 3 heterocycles. The molecule has 0 aromatic rings. The van der Waals surface area contributed by atoms with E-state index in [9.17, 15) is 5.11 Å². The predicted octanol–water partition coefficient (Wildman–Crippen LogP) is 0.726. The van der Waals surface area contributed by atoms with Gasteiger partial charge >= 0.3 is 0 Å². The van der Waals surface area contributed by atoms with E-state index in [2.05, 4.69) is 4.90 Å². The standard InChI is InChI=1S/C16H27NO5/c18-14-9-11-12(21-14)10-13(22-15-3-1-2-6-20-15)16(11)17-4-7-19-8-5-17/h11-16,18H,1-10H2/t11-,12-,13-,14?,15?,16-/m1/s1. The third-order valence-electron chi connectivity index (χ3n) is 5.50. The normalized spacial score (nSPS) is 46.8. The predicted molar refractivity (Wildman–Crippen MR) is 78.2 cm³/mol. The Kier molecular flexibility index (Phi) is 4.66. The molecule has 4 fully saturated rings. The second-order valence-corrected chi connectivity index (χ2v) is 6.87. The highest BCUT2D eigenvalue weighted by Gasteiger charge is 2.52. The van der Waals surface area contributed by atoms with Crippen LogP contribution in [0.5, 0.6) is 0 Å². The highest BCUT2D eigenvalue weighted by atomic mass is 16.7. The van der Waals surface area contributed by atoms with Crippen molar-refractivity contribution >= 4 is 0 Å². The lowest BCUT2D eigenvalue weighted by molar-refractivity contribution is -0.203. The van der Waals surface area contributed by atoms with E-state index in [0.717, 1.165) is 58.6 Å². The average Bonchev–Trinajstić information content (AvgIpc) is 3.04. The molecule has 0 radical (unpaired) electrons. The van der Waals surface area contributed by atoms with Crippen molar-refractivity contribution in [3.8, 4) is 0 Å². The number of aliphatic hydroxyl groups excluding tert-OH is 1. The molecule has 2 unspecified atom stereocenters. The van der Waals surface area contributed by atoms with Gasteiger partial charge in [-0.1, -0.05) is 0 Å². The van der Waals surface area contributed by atoms with E-state index in [1.165, 1.54) is 6.42 Å². The Morgan fingerprint density at radius 2 is 1.91 bits per heavy atom. The minimum atomic E-state index is -0.606. The van der Waals surface area contributed by atoms with Crippen LogP contribution in [0.15, 0.2) is 0 Å². The third-order valence-corrected chi connectivity index (χ3v) is 5.50. The molecule has 0 amide bonds. The second-order valence-electron chi connectivity index (χ2n) is 6.87. The van der Waals surface area contributed by atoms with Crippen molar-refractivity contribution in [1.82, 2.24) is 4.90 Å². The van der Waals surface area contributed by atoms with Gasteiger partial charge in [0.1, 0.15) is 0 Å². The molecule has 6 nitrogen and oxygen atoms in total. The molecule has 22 heavy (non-hydrogen) atoms. The van der Waals surface area contributed by atoms with Crippen LogP contribution in [-0.4, -0.2) is 73.7 Å². The molecule has 4 rings (SSSR count). The number of aliphatic hydroxyl groups is 1. The summed E-state index contributed by atoms with van der Waals surface area (Å²) in [6.07, 6.45) is 4.49. The molecule has 0 aromatic carbocycles. The molecule has 4 aliphatic rings. The molecular weight excluding hydrogens is 286 g/mol. The zero-order valence-corrected chi connectivity index (χ0v) is 13.1. The van der Waals surface area contributed by atoms with Gasteiger partial charge in [-0.25, -0.2) is 0 Å². The Hall–Kier alpha value is -0.240. The maximum absolute atomic E-state index is 9.83. The fourth-order valence-electron chi connectivity index (χ4n) is 4.51. The molecule has 126 valence electrons. The summed E-state index contributed by atoms with van der Waals surface area (Å²) in [4.78, 5) is 2.48. The summed E-state index contributed by atoms with van der Waals surface area (Å²) in [5.41, 5.74) is 0. The van der Waals surface area contributed by atoms with Crippen molar-refractivity contribution in [1.29, 1.82) is 0 Å². The fourth-order valence-corrected chi connectivity index (χ4v) is 4.51. The van der Waals surface area contributed by atoms with Crippen molar-refractivity contribution in [2.45, 2.75) is 62.9 Å². The van der Waals surface area contributed by atoms with Gasteiger partial charge in [0, 0.05) is 44.5 Å². The quantitative estimate of drug-likeness (QED) is 0.829. The molecule has 3 aliphatic heterocycles. The average molecular weight is 313 g/mol. The van der Waals surface area contributed by atoms with Gasteiger partial charge in [-0.15, -0.1) is 0 Å². The number of ether oxygens (including phenoxy) is 4. The van der Waals surface area contributed by atoms with Gasteiger partial charge in [0.15, 0.2) is 12.6 Å². The van der Waals surface area contributed by atoms with E-state index in [-0.39, 0.29) is 18.5 Å². The first kappa shape index (κ1) is 15.3. The van der Waals surface area contributed by atoms with Crippen molar-refractivity contribution in [3.63, 3.8) is 0 Å². The zero-order chi connectivity index (χ0) is 14.9. The maximum atomic E-state index is 9.83. The highest BCUT2D eigenvalue weighted by molar-refractivity contribution is 5.02. The van der Waals surface area contributed by atoms with Crippen molar-refractivity contribution in [2.75, 3.05) is 32.9 Å². The van der Waals surface area contributed by atoms with Crippen LogP contribution in [-0.2, 0) is 18.9 Å². The molecule has 1 saturated carbocycles. The van der Waals surface area contributed by atoms with Crippen LogP contribution >= 0.6 is 0 Å². The van der Waals surface area contributed by atoms with Crippen molar-refractivity contribution in [2.24, 2.45) is 5.92 Å². The molecule has 3 saturated heterocycles. The first-order chi connectivity index (χ1) is 10.8. The molecule has 1 aliphatic carbocycles. The molecular formula is C16H27NO5. The van der Waals surface area contributed by atoms with Gasteiger partial charge in [-0.2, -0.15) is 0 Å². The Morgan fingerprint density at radius 1 is 1.05 bits per heavy atom. The first-order valence-corrected chi connectivity index (χ1v) is 8.73. The number of hydrogen-bond acceptors (Lipinski definition) is 6. The zero-order valence-electron chi connectivity index (χ0n) is 13.1. The first-order valence-electron chi connectivity index (χ1n) is 8.73. The summed E-state index contributed by atoms with van der Waals surface area (Å²) in [5.74, 6) is 0.363. The molecule has 0 bridgehead atoms. The van der Waals surface area contributed by atoms with Crippen LogP contribution < -0.4 is 0 Å². The second kappa shape index (κ2) is 6.71. The van der Waals surface area contributed by atoms with Gasteiger partial charge < -0.3 is 24.1 Å². The van der Waals surface area contributed by atoms with E-state index >= 15 is 0 Å². The summed E-state index contributed by atoms with van der Waals surface area (Å²) >= 11 is 0. The monoisotopic (exact) mass is 313 g/mol. The van der Waals surface area contributed by atoms with Gasteiger partial charge in [0.05, 0.1) is 25.4 Å². The fraction of sp³-hybridized carbons (Fsp3) is 1.00. The lowest BCUT2D eigenvalue weighted by Gasteiger charge is -2.39. The van der Waals surface area contributed by atoms with Gasteiger partial charge in [0.25, 0.3) is 0 Å². The lowest BCUT2D eigenvalue weighted by Crippen LogP contribution is -2.51. The number of morpholine rings is 1. The summed E-state index contributed by atoms with van der Waals surface area (Å²) in [6, 6.07) is 0.316. The van der Waals surface area contributed by atoms with Crippen molar-refractivity contribution < 1.29 is 24.1 Å². The van der Waals surface area contributed by atoms with Crippen LogP contribution in [0.1, 0.15) is 32.1 Å². The third kappa shape index (κ3) is 3.05. The molecule has 0 aromatic heterocycles. The smallest absolute Gasteiger partial charge is 0.158 e. The minimum Gasteiger partial charge on any atom is -0.379 e. The number of rotatable bonds is 3. The van der Waals surface area contributed by atoms with E-state index in [0.29, 0.717) is 12.0 Å². The summed E-state index contributed by atoms with van der Waals surface area (Å²) in [6.45, 7) is 4.25. The largest absolute Gasteiger partial charge is 0.379 e. The molecule has 6 atom stereocenters. The minimum absolute atomic E-state index is 0.0639. The highest BCUT2D eigenvalue weighted by Crippen LogP contribution is 2.43. The topological polar surface area (TPSA) is 60.4 Å². The van der Waals surface area contributed by atoms with Crippen LogP contribution in [0.3, 0.4) is 0 Å². The SMILES string of the molecule is OC1C[C@H]2[C@@H](N3CCOCC3)[C@H](OC3CCCCO3)C[C@H]2O1. The van der Waals surface area contributed by atoms with Crippen LogP contribution in [0.2, 0.25) is 0 Å². The van der Waals surface area contributed by atoms with Crippen LogP contribution in [0, 0.1) is 5.92 Å². The lowest BCUT2D eigenvalue weighted by atomic mass is 9.97. The Labute approximate surface area is 131 Å². The maximum Gasteiger partial charge on any atom is 0.158 e. The number of fused-ring (bicyclic) bond motifs is 1. The van der Waals surface area contributed by atoms with E-state index in [1.54, 1.807) is 0 Å². The van der Waals surface area contributed by atoms with E-state index < -0.39 is 6.29 Å². The molecule has 6 heteroatoms. The van der Waals surface area contributed by atoms with Crippen LogP contribution in [0.4, 0.5) is 0 Å². The van der Waals surface area contributed by atoms with E-state index in [1.807, 2.05) is 0 Å². The molecule has 0 spiro atoms. The van der Waals surface area contributed by atoms with Gasteiger partial charge in [0.2, 0.25) is 0 Å². The van der Waals surface area contributed by atoms with Crippen molar-refractivity contribution in [3.05, 3.63) is 0 Å². The number of hydrogen-bond donors (Lipinski definition) is 1. The Balaban J connectivity index is 1.46. The van der Waals surface area contributed by atoms with Gasteiger partial charge in [-0.3, -0.25) is 4.90 Å². The van der Waals surface area contributed by atoms with E-state index in [4.69, 9.17) is 18.9 Å². The van der Waals surface area contributed by atoms with Gasteiger partial charge in [-0.05, 0) is 19.3 Å². The Morgan fingerprint density at radius 3 is 2.68 bits per heavy atom. The Bertz CT molecular complexity index is 370. The summed E-state index contributed by atoms with van der Waals surface area (Å²) in [7, 11) is 0. The number of nitrogens with zero attached hydrogens (tertiary/aromatic N) is 1. The molecule has 1 N–H and O–H groups in total.